The van der Waals surface area contributed by atoms with Gasteiger partial charge < -0.3 is 4.90 Å². The average molecular weight is 217 g/mol. The third-order valence-electron chi connectivity index (χ3n) is 3.99. The highest BCUT2D eigenvalue weighted by Gasteiger charge is 2.32. The van der Waals surface area contributed by atoms with Crippen molar-refractivity contribution in [2.45, 2.75) is 46.1 Å². The standard InChI is InChI=1S/C15H23N/c1-5-12(4)14-10-16(11(2)3)15-9-7-6-8-13(14)15/h6-9,11-12,14H,5,10H2,1-4H3. The number of nitrogens with zero attached hydrogens (tertiary/aromatic N) is 1. The van der Waals surface area contributed by atoms with E-state index in [0.717, 1.165) is 11.8 Å². The van der Waals surface area contributed by atoms with Gasteiger partial charge in [0.05, 0.1) is 0 Å². The van der Waals surface area contributed by atoms with Crippen molar-refractivity contribution < 1.29 is 0 Å². The van der Waals surface area contributed by atoms with Gasteiger partial charge in [-0.15, -0.1) is 0 Å². The molecule has 1 heteroatoms. The number of hydrogen-bond donors (Lipinski definition) is 0. The Morgan fingerprint density at radius 1 is 1.25 bits per heavy atom. The molecule has 88 valence electrons. The topological polar surface area (TPSA) is 3.24 Å². The van der Waals surface area contributed by atoms with Gasteiger partial charge in [-0.05, 0) is 31.4 Å². The molecule has 1 aromatic rings. The number of benzene rings is 1. The van der Waals surface area contributed by atoms with Crippen LogP contribution in [0.1, 0.15) is 45.6 Å². The molecule has 0 aromatic heterocycles. The van der Waals surface area contributed by atoms with Gasteiger partial charge in [-0.3, -0.25) is 0 Å². The van der Waals surface area contributed by atoms with Crippen LogP contribution in [0.15, 0.2) is 24.3 Å². The Morgan fingerprint density at radius 2 is 1.94 bits per heavy atom. The van der Waals surface area contributed by atoms with Crippen molar-refractivity contribution in [3.63, 3.8) is 0 Å². The molecule has 0 saturated carbocycles. The lowest BCUT2D eigenvalue weighted by Gasteiger charge is -2.25. The van der Waals surface area contributed by atoms with Gasteiger partial charge in [0, 0.05) is 24.2 Å². The molecule has 1 aliphatic heterocycles. The number of para-hydroxylation sites is 1. The minimum atomic E-state index is 0.607. The van der Waals surface area contributed by atoms with Crippen LogP contribution < -0.4 is 4.90 Å². The van der Waals surface area contributed by atoms with Crippen LogP contribution >= 0.6 is 0 Å². The Hall–Kier alpha value is -0.980. The second-order valence-electron chi connectivity index (χ2n) is 5.30. The predicted octanol–water partition coefficient (Wildman–Crippen LogP) is 4.04. The third-order valence-corrected chi connectivity index (χ3v) is 3.99. The van der Waals surface area contributed by atoms with Gasteiger partial charge in [-0.1, -0.05) is 38.5 Å². The van der Waals surface area contributed by atoms with Crippen LogP contribution in [0.2, 0.25) is 0 Å². The van der Waals surface area contributed by atoms with Crippen LogP contribution in [0.3, 0.4) is 0 Å². The van der Waals surface area contributed by atoms with E-state index in [-0.39, 0.29) is 0 Å². The summed E-state index contributed by atoms with van der Waals surface area (Å²) in [5, 5.41) is 0. The van der Waals surface area contributed by atoms with Gasteiger partial charge in [0.1, 0.15) is 0 Å². The van der Waals surface area contributed by atoms with E-state index < -0.39 is 0 Å². The molecule has 16 heavy (non-hydrogen) atoms. The van der Waals surface area contributed by atoms with E-state index in [1.165, 1.54) is 18.7 Å². The van der Waals surface area contributed by atoms with E-state index in [1.807, 2.05) is 0 Å². The predicted molar refractivity (Wildman–Crippen MR) is 71.1 cm³/mol. The molecule has 2 rings (SSSR count). The smallest absolute Gasteiger partial charge is 0.0404 e. The molecule has 1 aromatic carbocycles. The fourth-order valence-corrected chi connectivity index (χ4v) is 2.73. The highest BCUT2D eigenvalue weighted by molar-refractivity contribution is 5.60. The highest BCUT2D eigenvalue weighted by atomic mass is 15.2. The molecule has 1 nitrogen and oxygen atoms in total. The fourth-order valence-electron chi connectivity index (χ4n) is 2.73. The molecule has 0 fully saturated rings. The van der Waals surface area contributed by atoms with Crippen LogP contribution in [-0.4, -0.2) is 12.6 Å². The van der Waals surface area contributed by atoms with Crippen molar-refractivity contribution in [1.82, 2.24) is 0 Å². The zero-order valence-corrected chi connectivity index (χ0v) is 10.9. The van der Waals surface area contributed by atoms with E-state index in [1.54, 1.807) is 5.56 Å². The Labute approximate surface area is 99.5 Å². The maximum atomic E-state index is 2.55. The van der Waals surface area contributed by atoms with Gasteiger partial charge in [0.15, 0.2) is 0 Å². The van der Waals surface area contributed by atoms with Gasteiger partial charge in [0.25, 0.3) is 0 Å². The molecular weight excluding hydrogens is 194 g/mol. The molecule has 0 aliphatic carbocycles. The van der Waals surface area contributed by atoms with E-state index in [9.17, 15) is 0 Å². The van der Waals surface area contributed by atoms with Gasteiger partial charge in [-0.2, -0.15) is 0 Å². The molecular formula is C15H23N. The van der Waals surface area contributed by atoms with Gasteiger partial charge in [-0.25, -0.2) is 0 Å². The minimum Gasteiger partial charge on any atom is -0.368 e. The Balaban J connectivity index is 2.35. The van der Waals surface area contributed by atoms with Crippen LogP contribution in [0, 0.1) is 5.92 Å². The Bertz CT molecular complexity index is 356. The van der Waals surface area contributed by atoms with Crippen molar-refractivity contribution in [1.29, 1.82) is 0 Å². The van der Waals surface area contributed by atoms with Crippen molar-refractivity contribution >= 4 is 5.69 Å². The molecule has 2 unspecified atom stereocenters. The first-order valence-electron chi connectivity index (χ1n) is 6.50. The molecule has 2 atom stereocenters. The lowest BCUT2D eigenvalue weighted by atomic mass is 9.87. The summed E-state index contributed by atoms with van der Waals surface area (Å²) < 4.78 is 0. The Kier molecular flexibility index (Phi) is 3.22. The molecule has 1 heterocycles. The summed E-state index contributed by atoms with van der Waals surface area (Å²) in [5.74, 6) is 1.51. The SMILES string of the molecule is CCC(C)C1CN(C(C)C)c2ccccc21. The summed E-state index contributed by atoms with van der Waals surface area (Å²) in [6.45, 7) is 10.5. The monoisotopic (exact) mass is 217 g/mol. The van der Waals surface area contributed by atoms with E-state index >= 15 is 0 Å². The molecule has 1 aliphatic rings. The van der Waals surface area contributed by atoms with Gasteiger partial charge in [0.2, 0.25) is 0 Å². The quantitative estimate of drug-likeness (QED) is 0.738. The lowest BCUT2D eigenvalue weighted by Crippen LogP contribution is -2.30. The van der Waals surface area contributed by atoms with E-state index in [0.29, 0.717) is 6.04 Å². The fraction of sp³-hybridized carbons (Fsp3) is 0.600. The maximum absolute atomic E-state index is 2.55. The molecule has 0 amide bonds. The first kappa shape index (κ1) is 11.5. The largest absolute Gasteiger partial charge is 0.368 e. The summed E-state index contributed by atoms with van der Waals surface area (Å²) in [6.07, 6.45) is 1.27. The number of fused-ring (bicyclic) bond motifs is 1. The third kappa shape index (κ3) is 1.83. The van der Waals surface area contributed by atoms with Crippen molar-refractivity contribution in [3.8, 4) is 0 Å². The van der Waals surface area contributed by atoms with Gasteiger partial charge >= 0.3 is 0 Å². The van der Waals surface area contributed by atoms with E-state index in [2.05, 4.69) is 56.9 Å². The van der Waals surface area contributed by atoms with Crippen LogP contribution in [0.25, 0.3) is 0 Å². The molecule has 0 bridgehead atoms. The normalized spacial score (nSPS) is 21.3. The number of anilines is 1. The summed E-state index contributed by atoms with van der Waals surface area (Å²) in [6, 6.07) is 9.53. The summed E-state index contributed by atoms with van der Waals surface area (Å²) in [7, 11) is 0. The summed E-state index contributed by atoms with van der Waals surface area (Å²) >= 11 is 0. The van der Waals surface area contributed by atoms with Crippen LogP contribution in [-0.2, 0) is 0 Å². The zero-order chi connectivity index (χ0) is 11.7. The highest BCUT2D eigenvalue weighted by Crippen LogP contribution is 2.41. The summed E-state index contributed by atoms with van der Waals surface area (Å²) in [4.78, 5) is 2.55. The van der Waals surface area contributed by atoms with Crippen LogP contribution in [0.5, 0.6) is 0 Å². The van der Waals surface area contributed by atoms with Crippen molar-refractivity contribution in [3.05, 3.63) is 29.8 Å². The molecule has 0 spiro atoms. The van der Waals surface area contributed by atoms with E-state index in [4.69, 9.17) is 0 Å². The summed E-state index contributed by atoms with van der Waals surface area (Å²) in [5.41, 5.74) is 3.02. The number of rotatable bonds is 3. The average Bonchev–Trinajstić information content (AvgIpc) is 2.67. The van der Waals surface area contributed by atoms with Crippen LogP contribution in [0.4, 0.5) is 5.69 Å². The second-order valence-corrected chi connectivity index (χ2v) is 5.30. The lowest BCUT2D eigenvalue weighted by molar-refractivity contribution is 0.454. The van der Waals surface area contributed by atoms with Crippen molar-refractivity contribution in [2.24, 2.45) is 5.92 Å². The maximum Gasteiger partial charge on any atom is 0.0404 e. The Morgan fingerprint density at radius 3 is 2.56 bits per heavy atom. The second kappa shape index (κ2) is 4.48. The van der Waals surface area contributed by atoms with Crippen molar-refractivity contribution in [2.75, 3.05) is 11.4 Å². The molecule has 0 radical (unpaired) electrons. The zero-order valence-electron chi connectivity index (χ0n) is 10.9. The first-order valence-corrected chi connectivity index (χ1v) is 6.50. The number of hydrogen-bond acceptors (Lipinski definition) is 1. The molecule has 0 N–H and O–H groups in total. The minimum absolute atomic E-state index is 0.607. The molecule has 0 saturated heterocycles. The first-order chi connectivity index (χ1) is 7.65.